The molecule has 1 heterocycles. The number of anilines is 1. The van der Waals surface area contributed by atoms with Crippen LogP contribution in [0.2, 0.25) is 0 Å². The molecule has 0 bridgehead atoms. The van der Waals surface area contributed by atoms with Crippen molar-refractivity contribution in [1.29, 1.82) is 0 Å². The number of halogens is 3. The van der Waals surface area contributed by atoms with E-state index in [1.807, 2.05) is 0 Å². The molecule has 2 unspecified atom stereocenters. The molecule has 0 fully saturated rings. The first-order valence-electron chi connectivity index (χ1n) is 10.8. The average Bonchev–Trinajstić information content (AvgIpc) is 2.84. The third-order valence-electron chi connectivity index (χ3n) is 5.16. The van der Waals surface area contributed by atoms with Crippen LogP contribution in [-0.4, -0.2) is 53.2 Å². The van der Waals surface area contributed by atoms with Gasteiger partial charge in [-0.2, -0.15) is 4.39 Å². The number of carboxylic acids is 1. The number of carbonyl (C=O) groups is 4. The monoisotopic (exact) mass is 527 g/mol. The van der Waals surface area contributed by atoms with E-state index in [4.69, 9.17) is 4.74 Å². The first-order valence-corrected chi connectivity index (χ1v) is 10.8. The number of aliphatic carboxylic acids is 1. The van der Waals surface area contributed by atoms with Crippen LogP contribution in [-0.2, 0) is 19.1 Å². The number of methoxy groups -OCH3 is 1. The summed E-state index contributed by atoms with van der Waals surface area (Å²) < 4.78 is 51.9. The third kappa shape index (κ3) is 7.08. The van der Waals surface area contributed by atoms with Crippen LogP contribution in [0.15, 0.2) is 29.2 Å². The first kappa shape index (κ1) is 28.9. The second-order valence-corrected chi connectivity index (χ2v) is 7.72. The van der Waals surface area contributed by atoms with Gasteiger partial charge in [0, 0.05) is 6.20 Å². The van der Waals surface area contributed by atoms with E-state index in [0.717, 1.165) is 18.6 Å². The van der Waals surface area contributed by atoms with Gasteiger partial charge in [-0.1, -0.05) is 6.92 Å². The Hall–Kier alpha value is -4.36. The van der Waals surface area contributed by atoms with E-state index in [-0.39, 0.29) is 17.7 Å². The Morgan fingerprint density at radius 2 is 1.84 bits per heavy atom. The highest BCUT2D eigenvalue weighted by atomic mass is 19.2. The average molecular weight is 527 g/mol. The molecule has 0 aliphatic carbocycles. The number of rotatable bonds is 11. The van der Waals surface area contributed by atoms with Crippen molar-refractivity contribution in [2.75, 3.05) is 19.0 Å². The maximum absolute atomic E-state index is 14.2. The standard InChI is InChI=1S/C23H24F3N3O8/c1-4-15(29-7-5-6-13(22(29)34)28-23(35)36-3)21(33)27-14(9-17(31)32)16(30)10-37-20-18(25)11(2)8-12(24)19(20)26/h5-8,14-15H,4,9-10H2,1-3H3,(H,27,33)(H,28,35)(H,31,32). The molecule has 3 N–H and O–H groups in total. The molecule has 0 radical (unpaired) electrons. The quantitative estimate of drug-likeness (QED) is 0.377. The zero-order chi connectivity index (χ0) is 27.9. The molecule has 0 saturated heterocycles. The van der Waals surface area contributed by atoms with Crippen LogP contribution in [0.3, 0.4) is 0 Å². The number of nitrogens with one attached hydrogen (secondary N) is 2. The van der Waals surface area contributed by atoms with Crippen LogP contribution in [0.5, 0.6) is 5.75 Å². The van der Waals surface area contributed by atoms with E-state index in [1.165, 1.54) is 25.3 Å². The van der Waals surface area contributed by atoms with Crippen LogP contribution >= 0.6 is 0 Å². The van der Waals surface area contributed by atoms with E-state index in [1.54, 1.807) is 0 Å². The molecular weight excluding hydrogens is 503 g/mol. The first-order chi connectivity index (χ1) is 17.4. The van der Waals surface area contributed by atoms with E-state index in [2.05, 4.69) is 15.4 Å². The minimum absolute atomic E-state index is 0.0108. The number of benzene rings is 1. The highest BCUT2D eigenvalue weighted by Crippen LogP contribution is 2.27. The highest BCUT2D eigenvalue weighted by molar-refractivity contribution is 5.93. The number of ether oxygens (including phenoxy) is 2. The normalized spacial score (nSPS) is 12.3. The van der Waals surface area contributed by atoms with Gasteiger partial charge in [0.05, 0.1) is 13.5 Å². The number of pyridine rings is 1. The maximum Gasteiger partial charge on any atom is 0.411 e. The predicted molar refractivity (Wildman–Crippen MR) is 122 cm³/mol. The lowest BCUT2D eigenvalue weighted by molar-refractivity contribution is -0.140. The van der Waals surface area contributed by atoms with Crippen molar-refractivity contribution in [3.8, 4) is 5.75 Å². The van der Waals surface area contributed by atoms with Gasteiger partial charge in [0.25, 0.3) is 5.56 Å². The van der Waals surface area contributed by atoms with Crippen LogP contribution < -0.4 is 20.9 Å². The van der Waals surface area contributed by atoms with Gasteiger partial charge < -0.3 is 24.5 Å². The Morgan fingerprint density at radius 1 is 1.16 bits per heavy atom. The molecule has 2 aromatic rings. The SMILES string of the molecule is CCC(C(=O)NC(CC(=O)O)C(=O)COc1c(F)c(C)cc(F)c1F)n1cccc(NC(=O)OC)c1=O. The van der Waals surface area contributed by atoms with Crippen LogP contribution in [0.4, 0.5) is 23.7 Å². The van der Waals surface area contributed by atoms with Crippen LogP contribution in [0.25, 0.3) is 0 Å². The van der Waals surface area contributed by atoms with Gasteiger partial charge in [0.15, 0.2) is 23.2 Å². The molecule has 2 atom stereocenters. The molecule has 0 spiro atoms. The lowest BCUT2D eigenvalue weighted by Crippen LogP contribution is -2.48. The summed E-state index contributed by atoms with van der Waals surface area (Å²) in [6, 6.07) is 0.265. The fraction of sp³-hybridized carbons (Fsp3) is 0.348. The van der Waals surface area contributed by atoms with Crippen LogP contribution in [0.1, 0.15) is 31.4 Å². The number of carboxylic acid groups (broad SMARTS) is 1. The third-order valence-corrected chi connectivity index (χ3v) is 5.16. The van der Waals surface area contributed by atoms with Crippen molar-refractivity contribution in [2.45, 2.75) is 38.8 Å². The van der Waals surface area contributed by atoms with Crippen LogP contribution in [0, 0.1) is 24.4 Å². The minimum atomic E-state index is -1.72. The van der Waals surface area contributed by atoms with Crippen molar-refractivity contribution >= 4 is 29.4 Å². The summed E-state index contributed by atoms with van der Waals surface area (Å²) in [5.41, 5.74) is -1.29. The number of Topliss-reactive ketones (excluding diaryl/α,β-unsaturated/α-hetero) is 1. The van der Waals surface area contributed by atoms with Gasteiger partial charge in [-0.25, -0.2) is 13.6 Å². The number of amides is 2. The zero-order valence-electron chi connectivity index (χ0n) is 20.0. The van der Waals surface area contributed by atoms with Gasteiger partial charge in [-0.3, -0.25) is 24.5 Å². The fourth-order valence-corrected chi connectivity index (χ4v) is 3.28. The lowest BCUT2D eigenvalue weighted by Gasteiger charge is -2.22. The van der Waals surface area contributed by atoms with Crippen molar-refractivity contribution in [3.63, 3.8) is 0 Å². The Balaban J connectivity index is 2.26. The number of nitrogens with zero attached hydrogens (tertiary/aromatic N) is 1. The summed E-state index contributed by atoms with van der Waals surface area (Å²) in [5.74, 6) is -9.03. The van der Waals surface area contributed by atoms with Gasteiger partial charge in [0.1, 0.15) is 24.4 Å². The molecule has 2 amide bonds. The molecule has 1 aromatic heterocycles. The maximum atomic E-state index is 14.2. The minimum Gasteiger partial charge on any atom is -0.481 e. The van der Waals surface area contributed by atoms with E-state index in [0.29, 0.717) is 6.07 Å². The molecule has 200 valence electrons. The second kappa shape index (κ2) is 12.6. The summed E-state index contributed by atoms with van der Waals surface area (Å²) >= 11 is 0. The van der Waals surface area contributed by atoms with Gasteiger partial charge in [0.2, 0.25) is 11.7 Å². The summed E-state index contributed by atoms with van der Waals surface area (Å²) in [6.07, 6.45) is -0.596. The lowest BCUT2D eigenvalue weighted by atomic mass is 10.1. The molecule has 14 heteroatoms. The Kier molecular flexibility index (Phi) is 9.80. The van der Waals surface area contributed by atoms with Crippen molar-refractivity contribution in [3.05, 3.63) is 57.8 Å². The predicted octanol–water partition coefficient (Wildman–Crippen LogP) is 2.31. The topological polar surface area (TPSA) is 153 Å². The number of hydrogen-bond donors (Lipinski definition) is 3. The van der Waals surface area contributed by atoms with E-state index >= 15 is 0 Å². The fourth-order valence-electron chi connectivity index (χ4n) is 3.28. The molecule has 0 saturated carbocycles. The van der Waals surface area contributed by atoms with Crippen molar-refractivity contribution in [2.24, 2.45) is 0 Å². The summed E-state index contributed by atoms with van der Waals surface area (Å²) in [6.45, 7) is 1.58. The van der Waals surface area contributed by atoms with Gasteiger partial charge >= 0.3 is 12.1 Å². The number of ketones is 1. The second-order valence-electron chi connectivity index (χ2n) is 7.72. The van der Waals surface area contributed by atoms with Gasteiger partial charge in [-0.05, 0) is 37.1 Å². The largest absolute Gasteiger partial charge is 0.481 e. The summed E-state index contributed by atoms with van der Waals surface area (Å²) in [4.78, 5) is 61.0. The number of aromatic nitrogens is 1. The zero-order valence-corrected chi connectivity index (χ0v) is 20.0. The van der Waals surface area contributed by atoms with Gasteiger partial charge in [-0.15, -0.1) is 0 Å². The highest BCUT2D eigenvalue weighted by Gasteiger charge is 2.29. The molecular formula is C23H24F3N3O8. The molecule has 0 aliphatic rings. The van der Waals surface area contributed by atoms with Crippen molar-refractivity contribution < 1.29 is 46.9 Å². The number of hydrogen-bond acceptors (Lipinski definition) is 7. The summed E-state index contributed by atoms with van der Waals surface area (Å²) in [7, 11) is 1.08. The Morgan fingerprint density at radius 3 is 2.43 bits per heavy atom. The molecule has 1 aromatic carbocycles. The number of aryl methyl sites for hydroxylation is 1. The Bertz CT molecular complexity index is 1240. The number of carbonyl (C=O) groups excluding carboxylic acids is 3. The molecule has 0 aliphatic heterocycles. The molecule has 11 nitrogen and oxygen atoms in total. The Labute approximate surface area is 208 Å². The van der Waals surface area contributed by atoms with Crippen molar-refractivity contribution in [1.82, 2.24) is 9.88 Å². The smallest absolute Gasteiger partial charge is 0.411 e. The molecule has 37 heavy (non-hydrogen) atoms. The molecule has 2 rings (SSSR count). The van der Waals surface area contributed by atoms with E-state index < -0.39 is 77.6 Å². The summed E-state index contributed by atoms with van der Waals surface area (Å²) in [5, 5.41) is 13.6. The van der Waals surface area contributed by atoms with E-state index in [9.17, 15) is 42.3 Å².